The van der Waals surface area contributed by atoms with Gasteiger partial charge in [0.25, 0.3) is 0 Å². The number of carbonyl (C=O) groups is 6. The van der Waals surface area contributed by atoms with Gasteiger partial charge in [0, 0.05) is 30.7 Å². The van der Waals surface area contributed by atoms with E-state index >= 15 is 0 Å². The Hall–Kier alpha value is -4.01. The van der Waals surface area contributed by atoms with Crippen molar-refractivity contribution in [2.75, 3.05) is 32.1 Å². The van der Waals surface area contributed by atoms with E-state index < -0.39 is 60.7 Å². The summed E-state index contributed by atoms with van der Waals surface area (Å²) in [5.74, 6) is -2.09. The number of likely N-dealkylation sites (tertiary alicyclic amines) is 1. The summed E-state index contributed by atoms with van der Waals surface area (Å²) in [5.41, 5.74) is 6.33. The summed E-state index contributed by atoms with van der Waals surface area (Å²) in [5, 5.41) is 24.0. The summed E-state index contributed by atoms with van der Waals surface area (Å²) in [6.45, 7) is -1.29. The van der Waals surface area contributed by atoms with E-state index in [-0.39, 0.29) is 57.8 Å². The van der Waals surface area contributed by atoms with Gasteiger partial charge in [0.2, 0.25) is 17.7 Å². The number of unbranched alkanes of at least 4 members (excludes halogenated alkanes) is 1. The molecule has 2 aliphatic heterocycles. The predicted molar refractivity (Wildman–Crippen MR) is 169 cm³/mol. The average molecular weight is 715 g/mol. The number of aldehydes is 1. The minimum atomic E-state index is -1.39. The third kappa shape index (κ3) is 13.8. The van der Waals surface area contributed by atoms with E-state index in [2.05, 4.69) is 10.6 Å². The maximum absolute atomic E-state index is 13.1. The van der Waals surface area contributed by atoms with E-state index in [4.69, 9.17) is 39.1 Å². The largest absolute Gasteiger partial charge is 0.481 e. The van der Waals surface area contributed by atoms with Gasteiger partial charge in [-0.25, -0.2) is 4.79 Å². The van der Waals surface area contributed by atoms with Gasteiger partial charge in [0.1, 0.15) is 30.8 Å². The summed E-state index contributed by atoms with van der Waals surface area (Å²) in [6, 6.07) is 3.67. The highest BCUT2D eigenvalue weighted by molar-refractivity contribution is 7.93. The molecule has 272 valence electrons. The molecule has 2 heterocycles. The zero-order valence-electron chi connectivity index (χ0n) is 26.7. The van der Waals surface area contributed by atoms with Crippen LogP contribution in [0.1, 0.15) is 49.7 Å². The lowest BCUT2D eigenvalue weighted by Gasteiger charge is -2.31. The molecule has 2 saturated heterocycles. The van der Waals surface area contributed by atoms with Crippen molar-refractivity contribution in [3.63, 3.8) is 0 Å². The van der Waals surface area contributed by atoms with Gasteiger partial charge < -0.3 is 59.8 Å². The second-order valence-corrected chi connectivity index (χ2v) is 11.8. The van der Waals surface area contributed by atoms with Crippen molar-refractivity contribution in [1.29, 1.82) is 0 Å². The molecule has 1 aromatic rings. The lowest BCUT2D eigenvalue weighted by atomic mass is 10.1. The number of benzene rings is 1. The Morgan fingerprint density at radius 2 is 1.92 bits per heavy atom. The fraction of sp³-hybridized carbons (Fsp3) is 0.600. The van der Waals surface area contributed by atoms with Gasteiger partial charge in [-0.05, 0) is 49.4 Å². The lowest BCUT2D eigenvalue weighted by molar-refractivity contribution is -0.348. The average Bonchev–Trinajstić information content (AvgIpc) is 3.33. The normalized spacial score (nSPS) is 22.0. The van der Waals surface area contributed by atoms with Crippen LogP contribution in [0.5, 0.6) is 5.75 Å². The Morgan fingerprint density at radius 3 is 2.63 bits per heavy atom. The number of carboxylic acid groups (broad SMARTS) is 1. The Balaban J connectivity index is 1.51. The first-order valence-electron chi connectivity index (χ1n) is 15.6. The number of primary amides is 1. The molecule has 7 N–H and O–H groups in total. The number of aliphatic hydroxyl groups is 1. The van der Waals surface area contributed by atoms with Crippen LogP contribution in [0.2, 0.25) is 0 Å². The smallest absolute Gasteiger partial charge is 0.404 e. The number of hydrogen-bond acceptors (Lipinski definition) is 14. The van der Waals surface area contributed by atoms with Crippen molar-refractivity contribution in [3.05, 3.63) is 29.3 Å². The number of amides is 4. The van der Waals surface area contributed by atoms with Crippen molar-refractivity contribution in [3.8, 4) is 5.75 Å². The molecular weight excluding hydrogens is 672 g/mol. The standard InChI is InChI=1S/C30H42N4O14S/c31-29(42)45-16-19-5-4-18(11-23(19)47-30-46-21(15-35)13-27(40)48-30)3-1-2-8-32-25(37)14-34-20(17-44-9-10-49-43)12-22(28(34)41)33-24(36)6-7-26(38)39/h4-5,11,15,20-22,27,30,40,43H,1-3,6-10,12-14,16-17H2,(H2,31,42)(H,32,37)(H,33,36)(H,38,39)/t20-,21?,22-,27?,30?/m0/s1. The lowest BCUT2D eigenvalue weighted by Crippen LogP contribution is -2.46. The molecule has 3 unspecified atom stereocenters. The van der Waals surface area contributed by atoms with Crippen molar-refractivity contribution >= 4 is 48.1 Å². The maximum Gasteiger partial charge on any atom is 0.404 e. The zero-order chi connectivity index (χ0) is 35.8. The van der Waals surface area contributed by atoms with Crippen LogP contribution < -0.4 is 21.1 Å². The molecule has 3 rings (SSSR count). The molecule has 5 atom stereocenters. The fourth-order valence-corrected chi connectivity index (χ4v) is 5.25. The van der Waals surface area contributed by atoms with Crippen LogP contribution in [0, 0.1) is 0 Å². The minimum absolute atomic E-state index is 0.0550. The monoisotopic (exact) mass is 714 g/mol. The molecule has 19 heteroatoms. The molecule has 18 nitrogen and oxygen atoms in total. The number of nitrogens with zero attached hydrogens (tertiary/aromatic N) is 1. The molecule has 4 amide bonds. The highest BCUT2D eigenvalue weighted by Gasteiger charge is 2.41. The van der Waals surface area contributed by atoms with Crippen LogP contribution in [0.25, 0.3) is 0 Å². The molecule has 0 spiro atoms. The highest BCUT2D eigenvalue weighted by atomic mass is 32.2. The molecule has 0 bridgehead atoms. The van der Waals surface area contributed by atoms with E-state index in [0.717, 1.165) is 5.56 Å². The third-order valence-corrected chi connectivity index (χ3v) is 7.80. The second kappa shape index (κ2) is 20.5. The molecule has 49 heavy (non-hydrogen) atoms. The number of carbonyl (C=O) groups excluding carboxylic acids is 5. The first kappa shape index (κ1) is 39.4. The van der Waals surface area contributed by atoms with Crippen LogP contribution >= 0.6 is 12.0 Å². The summed E-state index contributed by atoms with van der Waals surface area (Å²) in [4.78, 5) is 72.4. The Kier molecular flexibility index (Phi) is 16.5. The number of ether oxygens (including phenoxy) is 5. The van der Waals surface area contributed by atoms with Gasteiger partial charge >= 0.3 is 18.5 Å². The van der Waals surface area contributed by atoms with E-state index in [1.807, 2.05) is 0 Å². The van der Waals surface area contributed by atoms with Gasteiger partial charge in [-0.3, -0.25) is 23.9 Å². The number of nitrogens with two attached hydrogens (primary N) is 1. The quantitative estimate of drug-likeness (QED) is 0.0551. The SMILES string of the molecule is NC(=O)OCc1ccc(CCCCNC(=O)CN2C(=O)[C@@H](NC(=O)CCC(=O)O)C[C@H]2COCCSO)cc1OC1OC(O)CC(C=O)O1. The number of aliphatic carboxylic acids is 1. The number of aliphatic hydroxyl groups excluding tert-OH is 1. The summed E-state index contributed by atoms with van der Waals surface area (Å²) < 4.78 is 35.6. The number of carboxylic acids is 1. The molecule has 0 aliphatic carbocycles. The Labute approximate surface area is 286 Å². The number of hydrogen-bond donors (Lipinski definition) is 6. The third-order valence-electron chi connectivity index (χ3n) is 7.45. The minimum Gasteiger partial charge on any atom is -0.481 e. The first-order chi connectivity index (χ1) is 23.5. The number of rotatable bonds is 21. The van der Waals surface area contributed by atoms with E-state index in [0.29, 0.717) is 55.5 Å². The van der Waals surface area contributed by atoms with Crippen molar-refractivity contribution in [1.82, 2.24) is 15.5 Å². The van der Waals surface area contributed by atoms with Crippen LogP contribution in [-0.4, -0.2) is 119 Å². The van der Waals surface area contributed by atoms with Crippen LogP contribution in [0.3, 0.4) is 0 Å². The Morgan fingerprint density at radius 1 is 1.12 bits per heavy atom. The molecular formula is C30H42N4O14S. The molecule has 2 aliphatic rings. The molecule has 0 aromatic heterocycles. The van der Waals surface area contributed by atoms with Gasteiger partial charge in [-0.1, -0.05) is 12.1 Å². The maximum atomic E-state index is 13.1. The van der Waals surface area contributed by atoms with Gasteiger partial charge in [-0.15, -0.1) is 0 Å². The topological polar surface area (TPSA) is 263 Å². The predicted octanol–water partition coefficient (Wildman–Crippen LogP) is -0.121. The van der Waals surface area contributed by atoms with Crippen molar-refractivity contribution < 1.29 is 67.2 Å². The Bertz CT molecular complexity index is 1300. The number of nitrogens with one attached hydrogen (secondary N) is 2. The van der Waals surface area contributed by atoms with E-state index in [9.17, 15) is 33.9 Å². The van der Waals surface area contributed by atoms with Crippen LogP contribution in [-0.2, 0) is 55.9 Å². The summed E-state index contributed by atoms with van der Waals surface area (Å²) in [6.07, 6.45) is -1.49. The molecule has 0 radical (unpaired) electrons. The summed E-state index contributed by atoms with van der Waals surface area (Å²) in [7, 11) is 0. The van der Waals surface area contributed by atoms with E-state index in [1.54, 1.807) is 18.2 Å². The molecule has 0 saturated carbocycles. The molecule has 2 fully saturated rings. The number of aryl methyl sites for hydroxylation is 1. The van der Waals surface area contributed by atoms with Crippen molar-refractivity contribution in [2.24, 2.45) is 5.73 Å². The molecule has 1 aromatic carbocycles. The first-order valence-corrected chi connectivity index (χ1v) is 16.5. The van der Waals surface area contributed by atoms with Crippen molar-refractivity contribution in [2.45, 2.75) is 82.5 Å². The van der Waals surface area contributed by atoms with Gasteiger partial charge in [0.15, 0.2) is 6.29 Å². The summed E-state index contributed by atoms with van der Waals surface area (Å²) >= 11 is 0.606. The fourth-order valence-electron chi connectivity index (χ4n) is 5.05. The van der Waals surface area contributed by atoms with Gasteiger partial charge in [-0.2, -0.15) is 0 Å². The van der Waals surface area contributed by atoms with Gasteiger partial charge in [0.05, 0.1) is 32.2 Å². The highest BCUT2D eigenvalue weighted by Crippen LogP contribution is 2.27. The van der Waals surface area contributed by atoms with Crippen LogP contribution in [0.15, 0.2) is 18.2 Å². The second-order valence-electron chi connectivity index (χ2n) is 11.2. The van der Waals surface area contributed by atoms with Crippen LogP contribution in [0.4, 0.5) is 4.79 Å². The zero-order valence-corrected chi connectivity index (χ0v) is 27.5. The van der Waals surface area contributed by atoms with E-state index in [1.165, 1.54) is 4.90 Å².